The number of amides is 1. The summed E-state index contributed by atoms with van der Waals surface area (Å²) in [5.74, 6) is -0.223. The number of para-hydroxylation sites is 1. The molecule has 0 unspecified atom stereocenters. The Morgan fingerprint density at radius 3 is 2.60 bits per heavy atom. The van der Waals surface area contributed by atoms with Gasteiger partial charge in [-0.25, -0.2) is 4.68 Å². The summed E-state index contributed by atoms with van der Waals surface area (Å²) in [4.78, 5) is 23.8. The fourth-order valence-electron chi connectivity index (χ4n) is 2.75. The molecule has 2 heterocycles. The maximum Gasteiger partial charge on any atom is 0.253 e. The van der Waals surface area contributed by atoms with E-state index in [4.69, 9.17) is 0 Å². The van der Waals surface area contributed by atoms with Crippen LogP contribution in [0.1, 0.15) is 27.3 Å². The van der Waals surface area contributed by atoms with Gasteiger partial charge in [-0.05, 0) is 37.6 Å². The van der Waals surface area contributed by atoms with E-state index in [-0.39, 0.29) is 11.5 Å². The number of carbonyl (C=O) groups excluding carboxylic acids is 1. The molecule has 25 heavy (non-hydrogen) atoms. The smallest absolute Gasteiger partial charge is 0.253 e. The van der Waals surface area contributed by atoms with Crippen molar-refractivity contribution in [3.05, 3.63) is 81.5 Å². The SMILES string of the molecule is Cc1cc(C)n(-c2ccccc2CNC(=O)c2ccc(=O)n(C)c2)n1. The summed E-state index contributed by atoms with van der Waals surface area (Å²) >= 11 is 0. The monoisotopic (exact) mass is 336 g/mol. The molecule has 0 atom stereocenters. The van der Waals surface area contributed by atoms with Crippen LogP contribution in [-0.4, -0.2) is 20.3 Å². The van der Waals surface area contributed by atoms with E-state index in [0.717, 1.165) is 22.6 Å². The van der Waals surface area contributed by atoms with Crippen molar-refractivity contribution in [2.45, 2.75) is 20.4 Å². The first-order valence-corrected chi connectivity index (χ1v) is 8.02. The molecule has 0 aliphatic carbocycles. The normalized spacial score (nSPS) is 10.7. The second-order valence-corrected chi connectivity index (χ2v) is 6.02. The van der Waals surface area contributed by atoms with Crippen LogP contribution >= 0.6 is 0 Å². The van der Waals surface area contributed by atoms with Crippen molar-refractivity contribution in [3.63, 3.8) is 0 Å². The molecule has 1 N–H and O–H groups in total. The Morgan fingerprint density at radius 2 is 1.92 bits per heavy atom. The standard InChI is InChI=1S/C19H20N4O2/c1-13-10-14(2)23(21-13)17-7-5-4-6-15(17)11-20-19(25)16-8-9-18(24)22(3)12-16/h4-10,12H,11H2,1-3H3,(H,20,25). The summed E-state index contributed by atoms with van der Waals surface area (Å²) in [7, 11) is 1.62. The first kappa shape index (κ1) is 16.7. The Hall–Kier alpha value is -3.15. The molecule has 0 saturated heterocycles. The highest BCUT2D eigenvalue weighted by Crippen LogP contribution is 2.17. The van der Waals surface area contributed by atoms with Crippen LogP contribution in [0.2, 0.25) is 0 Å². The molecule has 3 aromatic rings. The van der Waals surface area contributed by atoms with Gasteiger partial charge in [0.1, 0.15) is 0 Å². The zero-order chi connectivity index (χ0) is 18.0. The Labute approximate surface area is 145 Å². The minimum absolute atomic E-state index is 0.147. The second kappa shape index (κ2) is 6.76. The first-order chi connectivity index (χ1) is 12.0. The topological polar surface area (TPSA) is 68.9 Å². The Bertz CT molecular complexity index is 985. The van der Waals surface area contributed by atoms with Gasteiger partial charge in [-0.2, -0.15) is 5.10 Å². The van der Waals surface area contributed by atoms with Crippen molar-refractivity contribution >= 4 is 5.91 Å². The van der Waals surface area contributed by atoms with Crippen LogP contribution in [0.3, 0.4) is 0 Å². The molecule has 0 fully saturated rings. The summed E-state index contributed by atoms with van der Waals surface area (Å²) in [5.41, 5.74) is 4.19. The van der Waals surface area contributed by atoms with Crippen LogP contribution in [0.15, 0.2) is 53.5 Å². The Balaban J connectivity index is 1.82. The summed E-state index contributed by atoms with van der Waals surface area (Å²) in [5, 5.41) is 7.42. The van der Waals surface area contributed by atoms with Crippen LogP contribution in [0.5, 0.6) is 0 Å². The molecule has 0 aliphatic heterocycles. The van der Waals surface area contributed by atoms with Gasteiger partial charge in [0.2, 0.25) is 5.56 Å². The van der Waals surface area contributed by atoms with E-state index in [1.807, 2.05) is 48.9 Å². The zero-order valence-electron chi connectivity index (χ0n) is 14.5. The number of nitrogens with one attached hydrogen (secondary N) is 1. The van der Waals surface area contributed by atoms with Gasteiger partial charge in [-0.15, -0.1) is 0 Å². The molecule has 6 heteroatoms. The minimum atomic E-state index is -0.223. The lowest BCUT2D eigenvalue weighted by Crippen LogP contribution is -2.26. The van der Waals surface area contributed by atoms with Gasteiger partial charge in [-0.1, -0.05) is 18.2 Å². The van der Waals surface area contributed by atoms with Crippen molar-refractivity contribution in [1.29, 1.82) is 0 Å². The number of hydrogen-bond donors (Lipinski definition) is 1. The number of aromatic nitrogens is 3. The van der Waals surface area contributed by atoms with E-state index in [1.54, 1.807) is 7.05 Å². The molecule has 0 aliphatic rings. The van der Waals surface area contributed by atoms with Gasteiger partial charge >= 0.3 is 0 Å². The van der Waals surface area contributed by atoms with Gasteiger partial charge in [0.15, 0.2) is 0 Å². The lowest BCUT2D eigenvalue weighted by molar-refractivity contribution is 0.0950. The molecule has 128 valence electrons. The fraction of sp³-hybridized carbons (Fsp3) is 0.211. The van der Waals surface area contributed by atoms with Gasteiger partial charge in [0, 0.05) is 31.5 Å². The molecule has 0 radical (unpaired) electrons. The van der Waals surface area contributed by atoms with E-state index in [1.165, 1.54) is 22.9 Å². The third-order valence-electron chi connectivity index (χ3n) is 4.02. The van der Waals surface area contributed by atoms with Gasteiger partial charge in [0.25, 0.3) is 5.91 Å². The van der Waals surface area contributed by atoms with E-state index < -0.39 is 0 Å². The average molecular weight is 336 g/mol. The summed E-state index contributed by atoms with van der Waals surface area (Å²) < 4.78 is 3.27. The van der Waals surface area contributed by atoms with Crippen molar-refractivity contribution in [1.82, 2.24) is 19.7 Å². The molecule has 3 rings (SSSR count). The van der Waals surface area contributed by atoms with Crippen LogP contribution in [0.25, 0.3) is 5.69 Å². The molecular formula is C19H20N4O2. The third-order valence-corrected chi connectivity index (χ3v) is 4.02. The molecule has 1 aromatic carbocycles. The van der Waals surface area contributed by atoms with Gasteiger partial charge in [0.05, 0.1) is 16.9 Å². The molecule has 6 nitrogen and oxygen atoms in total. The molecular weight excluding hydrogens is 316 g/mol. The number of carbonyl (C=O) groups is 1. The quantitative estimate of drug-likeness (QED) is 0.793. The maximum atomic E-state index is 12.4. The van der Waals surface area contributed by atoms with Gasteiger partial charge < -0.3 is 9.88 Å². The maximum absolute atomic E-state index is 12.4. The van der Waals surface area contributed by atoms with E-state index in [9.17, 15) is 9.59 Å². The van der Waals surface area contributed by atoms with Crippen molar-refractivity contribution < 1.29 is 4.79 Å². The molecule has 0 saturated carbocycles. The van der Waals surface area contributed by atoms with E-state index in [2.05, 4.69) is 10.4 Å². The van der Waals surface area contributed by atoms with Gasteiger partial charge in [-0.3, -0.25) is 9.59 Å². The van der Waals surface area contributed by atoms with E-state index >= 15 is 0 Å². The molecule has 2 aromatic heterocycles. The highest BCUT2D eigenvalue weighted by molar-refractivity contribution is 5.93. The minimum Gasteiger partial charge on any atom is -0.348 e. The number of benzene rings is 1. The number of aryl methyl sites for hydroxylation is 3. The highest BCUT2D eigenvalue weighted by atomic mass is 16.2. The average Bonchev–Trinajstić information content (AvgIpc) is 2.93. The second-order valence-electron chi connectivity index (χ2n) is 6.02. The summed E-state index contributed by atoms with van der Waals surface area (Å²) in [6.07, 6.45) is 1.53. The third kappa shape index (κ3) is 3.52. The Morgan fingerprint density at radius 1 is 1.16 bits per heavy atom. The van der Waals surface area contributed by atoms with Crippen LogP contribution in [0, 0.1) is 13.8 Å². The van der Waals surface area contributed by atoms with E-state index in [0.29, 0.717) is 12.1 Å². The lowest BCUT2D eigenvalue weighted by Gasteiger charge is -2.12. The van der Waals surface area contributed by atoms with Crippen LogP contribution in [0.4, 0.5) is 0 Å². The van der Waals surface area contributed by atoms with Crippen LogP contribution < -0.4 is 10.9 Å². The van der Waals surface area contributed by atoms with Crippen LogP contribution in [-0.2, 0) is 13.6 Å². The van der Waals surface area contributed by atoms with Crippen molar-refractivity contribution in [2.75, 3.05) is 0 Å². The lowest BCUT2D eigenvalue weighted by atomic mass is 10.1. The number of rotatable bonds is 4. The molecule has 1 amide bonds. The van der Waals surface area contributed by atoms with Crippen molar-refractivity contribution in [2.24, 2.45) is 7.05 Å². The number of nitrogens with zero attached hydrogens (tertiary/aromatic N) is 3. The summed E-state index contributed by atoms with van der Waals surface area (Å²) in [6.45, 7) is 4.32. The zero-order valence-corrected chi connectivity index (χ0v) is 14.5. The molecule has 0 spiro atoms. The number of pyridine rings is 1. The largest absolute Gasteiger partial charge is 0.348 e. The Kier molecular flexibility index (Phi) is 4.52. The predicted octanol–water partition coefficient (Wildman–Crippen LogP) is 2.12. The first-order valence-electron chi connectivity index (χ1n) is 8.02. The highest BCUT2D eigenvalue weighted by Gasteiger charge is 2.11. The fourth-order valence-corrected chi connectivity index (χ4v) is 2.75. The number of hydrogen-bond acceptors (Lipinski definition) is 3. The summed E-state index contributed by atoms with van der Waals surface area (Å²) in [6, 6.07) is 12.8. The van der Waals surface area contributed by atoms with Crippen molar-refractivity contribution in [3.8, 4) is 5.69 Å². The molecule has 0 bridgehead atoms. The predicted molar refractivity (Wildman–Crippen MR) is 95.9 cm³/mol.